The van der Waals surface area contributed by atoms with Crippen LogP contribution in [0.3, 0.4) is 0 Å². The summed E-state index contributed by atoms with van der Waals surface area (Å²) < 4.78 is 11.2. The third kappa shape index (κ3) is 4.20. The Bertz CT molecular complexity index is 551. The molecule has 0 bridgehead atoms. The largest absolute Gasteiger partial charge is 0.351 e. The lowest BCUT2D eigenvalue weighted by Gasteiger charge is -2.24. The standard InChI is InChI=1S/C16H23N3O2/c1-4-20-16(21-5-2)12(3)19-11-13-7-6-8-14-15(13)18-10-9-17-14/h6-10,12,16,19H,4-5,11H2,1-3H3/t12-/m0/s1. The van der Waals surface area contributed by atoms with Gasteiger partial charge >= 0.3 is 0 Å². The van der Waals surface area contributed by atoms with Crippen molar-refractivity contribution in [3.63, 3.8) is 0 Å². The van der Waals surface area contributed by atoms with Gasteiger partial charge in [-0.15, -0.1) is 0 Å². The molecule has 5 heteroatoms. The quantitative estimate of drug-likeness (QED) is 0.757. The highest BCUT2D eigenvalue weighted by molar-refractivity contribution is 5.77. The molecule has 0 fully saturated rings. The Balaban J connectivity index is 2.03. The van der Waals surface area contributed by atoms with Gasteiger partial charge < -0.3 is 14.8 Å². The molecule has 1 N–H and O–H groups in total. The summed E-state index contributed by atoms with van der Waals surface area (Å²) in [5.41, 5.74) is 2.97. The summed E-state index contributed by atoms with van der Waals surface area (Å²) in [6.07, 6.45) is 3.20. The summed E-state index contributed by atoms with van der Waals surface area (Å²) in [5.74, 6) is 0. The molecular weight excluding hydrogens is 266 g/mol. The molecule has 0 spiro atoms. The molecule has 0 radical (unpaired) electrons. The van der Waals surface area contributed by atoms with Crippen LogP contribution in [-0.2, 0) is 16.0 Å². The molecule has 1 aromatic heterocycles. The second kappa shape index (κ2) is 8.02. The number of ether oxygens (including phenoxy) is 2. The van der Waals surface area contributed by atoms with Crippen molar-refractivity contribution >= 4 is 11.0 Å². The van der Waals surface area contributed by atoms with Gasteiger partial charge in [-0.2, -0.15) is 0 Å². The molecule has 1 aromatic carbocycles. The first kappa shape index (κ1) is 15.8. The fourth-order valence-corrected chi connectivity index (χ4v) is 2.23. The first-order chi connectivity index (χ1) is 10.3. The molecule has 0 aliphatic rings. The van der Waals surface area contributed by atoms with Gasteiger partial charge in [-0.05, 0) is 32.4 Å². The molecule has 0 amide bonds. The highest BCUT2D eigenvalue weighted by atomic mass is 16.7. The van der Waals surface area contributed by atoms with Gasteiger partial charge in [-0.1, -0.05) is 12.1 Å². The molecule has 114 valence electrons. The van der Waals surface area contributed by atoms with Crippen LogP contribution in [0.2, 0.25) is 0 Å². The number of para-hydroxylation sites is 1. The molecule has 5 nitrogen and oxygen atoms in total. The lowest BCUT2D eigenvalue weighted by atomic mass is 10.1. The Labute approximate surface area is 125 Å². The normalized spacial score (nSPS) is 13.0. The SMILES string of the molecule is CCOC(OCC)[C@H](C)NCc1cccc2nccnc12. The zero-order chi connectivity index (χ0) is 15.1. The van der Waals surface area contributed by atoms with E-state index in [2.05, 4.69) is 28.3 Å². The molecule has 0 saturated heterocycles. The number of fused-ring (bicyclic) bond motifs is 1. The molecule has 1 atom stereocenters. The van der Waals surface area contributed by atoms with Crippen molar-refractivity contribution in [3.8, 4) is 0 Å². The van der Waals surface area contributed by atoms with Crippen molar-refractivity contribution in [2.75, 3.05) is 13.2 Å². The molecule has 0 aliphatic heterocycles. The van der Waals surface area contributed by atoms with E-state index < -0.39 is 0 Å². The van der Waals surface area contributed by atoms with Gasteiger partial charge in [0, 0.05) is 32.2 Å². The van der Waals surface area contributed by atoms with E-state index in [-0.39, 0.29) is 12.3 Å². The van der Waals surface area contributed by atoms with Crippen molar-refractivity contribution in [3.05, 3.63) is 36.2 Å². The predicted molar refractivity (Wildman–Crippen MR) is 82.9 cm³/mol. The number of aromatic nitrogens is 2. The second-order valence-electron chi connectivity index (χ2n) is 4.79. The molecule has 21 heavy (non-hydrogen) atoms. The van der Waals surface area contributed by atoms with Crippen LogP contribution >= 0.6 is 0 Å². The second-order valence-corrected chi connectivity index (χ2v) is 4.79. The van der Waals surface area contributed by atoms with Crippen LogP contribution in [0.1, 0.15) is 26.3 Å². The van der Waals surface area contributed by atoms with E-state index in [0.29, 0.717) is 19.8 Å². The first-order valence-electron chi connectivity index (χ1n) is 7.41. The molecule has 2 rings (SSSR count). The minimum absolute atomic E-state index is 0.0943. The van der Waals surface area contributed by atoms with E-state index in [9.17, 15) is 0 Å². The highest BCUT2D eigenvalue weighted by Crippen LogP contribution is 2.14. The maximum atomic E-state index is 5.61. The molecule has 0 unspecified atom stereocenters. The van der Waals surface area contributed by atoms with Crippen molar-refractivity contribution < 1.29 is 9.47 Å². The lowest BCUT2D eigenvalue weighted by molar-refractivity contribution is -0.151. The number of rotatable bonds is 8. The average molecular weight is 289 g/mol. The Morgan fingerprint density at radius 1 is 1.10 bits per heavy atom. The fourth-order valence-electron chi connectivity index (χ4n) is 2.23. The Kier molecular flexibility index (Phi) is 6.04. The summed E-state index contributed by atoms with van der Waals surface area (Å²) in [4.78, 5) is 8.73. The zero-order valence-corrected chi connectivity index (χ0v) is 12.9. The third-order valence-corrected chi connectivity index (χ3v) is 3.27. The minimum atomic E-state index is -0.235. The molecule has 2 aromatic rings. The maximum Gasteiger partial charge on any atom is 0.172 e. The van der Waals surface area contributed by atoms with Gasteiger partial charge in [0.1, 0.15) is 0 Å². The van der Waals surface area contributed by atoms with Gasteiger partial charge in [-0.25, -0.2) is 0 Å². The van der Waals surface area contributed by atoms with Crippen LogP contribution in [0.4, 0.5) is 0 Å². The van der Waals surface area contributed by atoms with E-state index in [1.807, 2.05) is 26.0 Å². The Morgan fingerprint density at radius 3 is 2.52 bits per heavy atom. The van der Waals surface area contributed by atoms with Crippen molar-refractivity contribution in [1.82, 2.24) is 15.3 Å². The average Bonchev–Trinajstić information content (AvgIpc) is 2.52. The van der Waals surface area contributed by atoms with Crippen LogP contribution in [0.25, 0.3) is 11.0 Å². The van der Waals surface area contributed by atoms with Crippen LogP contribution in [0.15, 0.2) is 30.6 Å². The monoisotopic (exact) mass is 289 g/mol. The van der Waals surface area contributed by atoms with E-state index in [4.69, 9.17) is 9.47 Å². The van der Waals surface area contributed by atoms with Crippen molar-refractivity contribution in [1.29, 1.82) is 0 Å². The number of hydrogen-bond donors (Lipinski definition) is 1. The highest BCUT2D eigenvalue weighted by Gasteiger charge is 2.17. The number of nitrogens with one attached hydrogen (secondary N) is 1. The van der Waals surface area contributed by atoms with Crippen molar-refractivity contribution in [2.45, 2.75) is 39.6 Å². The smallest absolute Gasteiger partial charge is 0.172 e. The van der Waals surface area contributed by atoms with Gasteiger partial charge in [0.05, 0.1) is 17.1 Å². The number of nitrogens with zero attached hydrogens (tertiary/aromatic N) is 2. The van der Waals surface area contributed by atoms with Crippen molar-refractivity contribution in [2.24, 2.45) is 0 Å². The van der Waals surface area contributed by atoms with Crippen LogP contribution in [-0.4, -0.2) is 35.5 Å². The summed E-state index contributed by atoms with van der Waals surface area (Å²) >= 11 is 0. The maximum absolute atomic E-state index is 5.61. The first-order valence-corrected chi connectivity index (χ1v) is 7.41. The van der Waals surface area contributed by atoms with E-state index in [1.165, 1.54) is 0 Å². The third-order valence-electron chi connectivity index (χ3n) is 3.27. The molecule has 1 heterocycles. The summed E-state index contributed by atoms with van der Waals surface area (Å²) in [5, 5.41) is 3.44. The predicted octanol–water partition coefficient (Wildman–Crippen LogP) is 2.51. The van der Waals surface area contributed by atoms with E-state index in [0.717, 1.165) is 16.6 Å². The van der Waals surface area contributed by atoms with Crippen LogP contribution < -0.4 is 5.32 Å². The Morgan fingerprint density at radius 2 is 1.81 bits per heavy atom. The van der Waals surface area contributed by atoms with Gasteiger partial charge in [0.2, 0.25) is 0 Å². The van der Waals surface area contributed by atoms with E-state index in [1.54, 1.807) is 12.4 Å². The minimum Gasteiger partial charge on any atom is -0.351 e. The van der Waals surface area contributed by atoms with Gasteiger partial charge in [0.25, 0.3) is 0 Å². The fraction of sp³-hybridized carbons (Fsp3) is 0.500. The topological polar surface area (TPSA) is 56.3 Å². The molecule has 0 aliphatic carbocycles. The summed E-state index contributed by atoms with van der Waals surface area (Å²) in [6.45, 7) is 7.98. The number of hydrogen-bond acceptors (Lipinski definition) is 5. The summed E-state index contributed by atoms with van der Waals surface area (Å²) in [6, 6.07) is 6.13. The van der Waals surface area contributed by atoms with Crippen LogP contribution in [0.5, 0.6) is 0 Å². The van der Waals surface area contributed by atoms with Crippen LogP contribution in [0, 0.1) is 0 Å². The van der Waals surface area contributed by atoms with E-state index >= 15 is 0 Å². The molecule has 0 saturated carbocycles. The Hall–Kier alpha value is -1.56. The summed E-state index contributed by atoms with van der Waals surface area (Å²) in [7, 11) is 0. The number of benzene rings is 1. The van der Waals surface area contributed by atoms with Gasteiger partial charge in [-0.3, -0.25) is 9.97 Å². The zero-order valence-electron chi connectivity index (χ0n) is 12.9. The molecular formula is C16H23N3O2. The lowest BCUT2D eigenvalue weighted by Crippen LogP contribution is -2.40. The van der Waals surface area contributed by atoms with Gasteiger partial charge in [0.15, 0.2) is 6.29 Å².